The van der Waals surface area contributed by atoms with Gasteiger partial charge in [-0.15, -0.1) is 0 Å². The monoisotopic (exact) mass is 221 g/mol. The molecule has 2 aliphatic carbocycles. The second-order valence-electron chi connectivity index (χ2n) is 2.90. The largest absolute Gasteiger partial charge is 1.00 e. The third-order valence-electron chi connectivity index (χ3n) is 2.30. The van der Waals surface area contributed by atoms with E-state index in [9.17, 15) is 0 Å². The maximum absolute atomic E-state index is 3.32. The summed E-state index contributed by atoms with van der Waals surface area (Å²) in [6.45, 7) is 0. The summed E-state index contributed by atoms with van der Waals surface area (Å²) in [5.74, 6) is 0.884. The fourth-order valence-corrected chi connectivity index (χ4v) is 1.77. The maximum Gasteiger partial charge on any atom is 1.00 e. The topological polar surface area (TPSA) is 0 Å². The third kappa shape index (κ3) is 1.40. The van der Waals surface area contributed by atoms with Gasteiger partial charge < -0.3 is 0 Å². The van der Waals surface area contributed by atoms with Gasteiger partial charge in [0.25, 0.3) is 0 Å². The number of hydrogen-bond acceptors (Lipinski definition) is 0. The van der Waals surface area contributed by atoms with Crippen molar-refractivity contribution in [1.82, 2.24) is 0 Å². The number of allylic oxidation sites excluding steroid dienone is 4. The summed E-state index contributed by atoms with van der Waals surface area (Å²) < 4.78 is 0. The van der Waals surface area contributed by atoms with Crippen molar-refractivity contribution in [2.45, 2.75) is 25.7 Å². The van der Waals surface area contributed by atoms with Gasteiger partial charge in [-0.05, 0) is 18.8 Å². The van der Waals surface area contributed by atoms with Crippen LogP contribution in [-0.2, 0) is 19.5 Å². The van der Waals surface area contributed by atoms with Crippen molar-refractivity contribution in [1.29, 1.82) is 0 Å². The molecule has 1 radical (unpaired) electrons. The maximum atomic E-state index is 3.32. The van der Waals surface area contributed by atoms with Crippen molar-refractivity contribution in [3.63, 3.8) is 0 Å². The van der Waals surface area contributed by atoms with Crippen LogP contribution in [0, 0.1) is 12.0 Å². The standard InChI is InChI=1S/C9H11.Ru/c1-2-5-9-7-3-6-8(9)4-1;/h1-2,8H,3-4,6-7H2;/q-1;+1. The number of hydrogen-bond donors (Lipinski definition) is 0. The van der Waals surface area contributed by atoms with Crippen LogP contribution >= 0.6 is 0 Å². The Labute approximate surface area is 75.2 Å². The van der Waals surface area contributed by atoms with Crippen LogP contribution in [0.1, 0.15) is 25.7 Å². The van der Waals surface area contributed by atoms with E-state index < -0.39 is 0 Å². The molecule has 0 saturated heterocycles. The van der Waals surface area contributed by atoms with Gasteiger partial charge in [0.05, 0.1) is 0 Å². The molecule has 1 saturated carbocycles. The molecule has 55 valence electrons. The normalized spacial score (nSPS) is 28.8. The van der Waals surface area contributed by atoms with Gasteiger partial charge in [-0.2, -0.15) is 5.57 Å². The molecule has 1 fully saturated rings. The first-order valence-electron chi connectivity index (χ1n) is 3.74. The molecule has 0 N–H and O–H groups in total. The summed E-state index contributed by atoms with van der Waals surface area (Å²) in [4.78, 5) is 0. The molecule has 10 heavy (non-hydrogen) atoms. The summed E-state index contributed by atoms with van der Waals surface area (Å²) in [7, 11) is 0. The van der Waals surface area contributed by atoms with E-state index in [1.165, 1.54) is 25.7 Å². The Balaban J connectivity index is 0.000000500. The van der Waals surface area contributed by atoms with E-state index in [0.717, 1.165) is 5.92 Å². The number of rotatable bonds is 0. The average Bonchev–Trinajstić information content (AvgIpc) is 2.33. The van der Waals surface area contributed by atoms with Crippen molar-refractivity contribution in [3.05, 3.63) is 23.8 Å². The first-order valence-corrected chi connectivity index (χ1v) is 3.74. The van der Waals surface area contributed by atoms with Crippen molar-refractivity contribution in [3.8, 4) is 0 Å². The molecule has 0 aromatic carbocycles. The van der Waals surface area contributed by atoms with Crippen LogP contribution in [0.25, 0.3) is 0 Å². The van der Waals surface area contributed by atoms with Crippen LogP contribution in [-0.4, -0.2) is 0 Å². The van der Waals surface area contributed by atoms with Gasteiger partial charge >= 0.3 is 19.5 Å². The molecule has 2 aliphatic rings. The summed E-state index contributed by atoms with van der Waals surface area (Å²) in [5, 5.41) is 0. The molecule has 0 amide bonds. The Kier molecular flexibility index (Phi) is 2.86. The first kappa shape index (κ1) is 8.20. The minimum Gasteiger partial charge on any atom is -0.251 e. The zero-order chi connectivity index (χ0) is 6.10. The molecule has 2 rings (SSSR count). The van der Waals surface area contributed by atoms with Gasteiger partial charge in [0.2, 0.25) is 0 Å². The molecule has 1 atom stereocenters. The van der Waals surface area contributed by atoms with E-state index in [1.807, 2.05) is 0 Å². The van der Waals surface area contributed by atoms with Gasteiger partial charge in [0, 0.05) is 0 Å². The van der Waals surface area contributed by atoms with E-state index in [-0.39, 0.29) is 19.5 Å². The van der Waals surface area contributed by atoms with Crippen LogP contribution in [0.15, 0.2) is 17.7 Å². The Morgan fingerprint density at radius 3 is 3.20 bits per heavy atom. The van der Waals surface area contributed by atoms with Crippen LogP contribution < -0.4 is 0 Å². The molecular formula is C9H11Ru. The van der Waals surface area contributed by atoms with Crippen molar-refractivity contribution >= 4 is 0 Å². The van der Waals surface area contributed by atoms with Gasteiger partial charge in [0.15, 0.2) is 0 Å². The smallest absolute Gasteiger partial charge is 0.251 e. The minimum atomic E-state index is 0. The van der Waals surface area contributed by atoms with E-state index in [4.69, 9.17) is 0 Å². The third-order valence-corrected chi connectivity index (χ3v) is 2.30. The SMILES string of the molecule is [C-]1=C2CCCC2CC=C1.[Ru+]. The Morgan fingerprint density at radius 2 is 2.40 bits per heavy atom. The molecule has 1 heteroatoms. The summed E-state index contributed by atoms with van der Waals surface area (Å²) in [6.07, 6.45) is 13.0. The molecule has 0 aliphatic heterocycles. The Morgan fingerprint density at radius 1 is 1.50 bits per heavy atom. The van der Waals surface area contributed by atoms with Gasteiger partial charge in [-0.3, -0.25) is 6.08 Å². The van der Waals surface area contributed by atoms with Crippen molar-refractivity contribution < 1.29 is 19.5 Å². The predicted octanol–water partition coefficient (Wildman–Crippen LogP) is 2.47. The zero-order valence-electron chi connectivity index (χ0n) is 5.91. The van der Waals surface area contributed by atoms with Crippen LogP contribution in [0.3, 0.4) is 0 Å². The van der Waals surface area contributed by atoms with Gasteiger partial charge in [0.1, 0.15) is 0 Å². The second kappa shape index (κ2) is 3.48. The minimum absolute atomic E-state index is 0. The van der Waals surface area contributed by atoms with E-state index in [2.05, 4.69) is 18.2 Å². The summed E-state index contributed by atoms with van der Waals surface area (Å²) >= 11 is 0. The first-order chi connectivity index (χ1) is 4.47. The molecule has 0 aromatic heterocycles. The summed E-state index contributed by atoms with van der Waals surface area (Å²) in [6, 6.07) is 0. The van der Waals surface area contributed by atoms with Gasteiger partial charge in [-0.1, -0.05) is 12.8 Å². The van der Waals surface area contributed by atoms with E-state index in [1.54, 1.807) is 5.57 Å². The average molecular weight is 220 g/mol. The van der Waals surface area contributed by atoms with Crippen LogP contribution in [0.2, 0.25) is 0 Å². The summed E-state index contributed by atoms with van der Waals surface area (Å²) in [5.41, 5.74) is 1.58. The zero-order valence-corrected chi connectivity index (χ0v) is 7.65. The van der Waals surface area contributed by atoms with Crippen LogP contribution in [0.5, 0.6) is 0 Å². The Hall–Kier alpha value is 0.103. The van der Waals surface area contributed by atoms with Gasteiger partial charge in [-0.25, -0.2) is 12.2 Å². The molecule has 0 nitrogen and oxygen atoms in total. The molecule has 0 bridgehead atoms. The van der Waals surface area contributed by atoms with E-state index in [0.29, 0.717) is 0 Å². The molecular weight excluding hydrogens is 209 g/mol. The Bertz CT molecular complexity index is 168. The number of fused-ring (bicyclic) bond motifs is 1. The van der Waals surface area contributed by atoms with Crippen molar-refractivity contribution in [2.24, 2.45) is 5.92 Å². The fourth-order valence-electron chi connectivity index (χ4n) is 1.77. The molecule has 0 heterocycles. The van der Waals surface area contributed by atoms with Crippen LogP contribution in [0.4, 0.5) is 0 Å². The molecule has 0 spiro atoms. The fraction of sp³-hybridized carbons (Fsp3) is 0.556. The second-order valence-corrected chi connectivity index (χ2v) is 2.90. The predicted molar refractivity (Wildman–Crippen MR) is 37.9 cm³/mol. The quantitative estimate of drug-likeness (QED) is 0.434. The van der Waals surface area contributed by atoms with Crippen molar-refractivity contribution in [2.75, 3.05) is 0 Å². The molecule has 1 unspecified atom stereocenters. The molecule has 0 aromatic rings. The van der Waals surface area contributed by atoms with E-state index >= 15 is 0 Å².